The quantitative estimate of drug-likeness (QED) is 0.658. The zero-order valence-electron chi connectivity index (χ0n) is 12.8. The molecule has 0 saturated heterocycles. The number of fused-ring (bicyclic) bond motifs is 1. The first kappa shape index (κ1) is 15.2. The first-order valence-corrected chi connectivity index (χ1v) is 7.71. The number of nitrogens with one attached hydrogen (secondary N) is 1. The van der Waals surface area contributed by atoms with Gasteiger partial charge in [-0.15, -0.1) is 0 Å². The van der Waals surface area contributed by atoms with Crippen LogP contribution in [0.5, 0.6) is 11.5 Å². The maximum absolute atomic E-state index is 11.8. The Kier molecular flexibility index (Phi) is 4.94. The average Bonchev–Trinajstić information content (AvgIpc) is 3.05. The van der Waals surface area contributed by atoms with Gasteiger partial charge in [-0.2, -0.15) is 0 Å². The lowest BCUT2D eigenvalue weighted by atomic mass is 10.1. The minimum atomic E-state index is -0.0873. The summed E-state index contributed by atoms with van der Waals surface area (Å²) in [6, 6.07) is 15.9. The van der Waals surface area contributed by atoms with Crippen LogP contribution in [-0.2, 0) is 11.2 Å². The van der Waals surface area contributed by atoms with Crippen LogP contribution in [0.25, 0.3) is 6.08 Å². The maximum Gasteiger partial charge on any atom is 0.243 e. The molecule has 2 aromatic carbocycles. The smallest absolute Gasteiger partial charge is 0.243 e. The Morgan fingerprint density at radius 3 is 2.78 bits per heavy atom. The standard InChI is InChI=1S/C19H19NO3/c21-19(20-12-4-7-15-5-2-1-3-6-15)11-9-16-8-10-17-18(13-16)23-14-22-17/h1-3,5-6,8-11,13H,4,7,12,14H2,(H,20,21)/b11-9+. The second-order valence-corrected chi connectivity index (χ2v) is 5.33. The van der Waals surface area contributed by atoms with E-state index in [4.69, 9.17) is 9.47 Å². The zero-order chi connectivity index (χ0) is 15.9. The number of aryl methyl sites for hydroxylation is 1. The topological polar surface area (TPSA) is 47.6 Å². The summed E-state index contributed by atoms with van der Waals surface area (Å²) in [5.41, 5.74) is 2.20. The summed E-state index contributed by atoms with van der Waals surface area (Å²) in [6.45, 7) is 0.920. The minimum Gasteiger partial charge on any atom is -0.454 e. The van der Waals surface area contributed by atoms with E-state index in [0.717, 1.165) is 29.9 Å². The van der Waals surface area contributed by atoms with Gasteiger partial charge in [0.1, 0.15) is 0 Å². The van der Waals surface area contributed by atoms with Crippen molar-refractivity contribution in [3.8, 4) is 11.5 Å². The van der Waals surface area contributed by atoms with Crippen molar-refractivity contribution in [2.75, 3.05) is 13.3 Å². The highest BCUT2D eigenvalue weighted by atomic mass is 16.7. The summed E-state index contributed by atoms with van der Waals surface area (Å²) >= 11 is 0. The monoisotopic (exact) mass is 309 g/mol. The fourth-order valence-electron chi connectivity index (χ4n) is 2.40. The molecule has 1 aliphatic rings. The molecule has 0 unspecified atom stereocenters. The molecular formula is C19H19NO3. The number of rotatable bonds is 6. The fourth-order valence-corrected chi connectivity index (χ4v) is 2.40. The Hall–Kier alpha value is -2.75. The summed E-state index contributed by atoms with van der Waals surface area (Å²) in [6.07, 6.45) is 5.20. The molecule has 0 aromatic heterocycles. The molecule has 1 aliphatic heterocycles. The van der Waals surface area contributed by atoms with Crippen LogP contribution in [0.3, 0.4) is 0 Å². The molecule has 0 aliphatic carbocycles. The Labute approximate surface area is 135 Å². The van der Waals surface area contributed by atoms with Gasteiger partial charge in [0, 0.05) is 12.6 Å². The Morgan fingerprint density at radius 2 is 1.91 bits per heavy atom. The van der Waals surface area contributed by atoms with Crippen molar-refractivity contribution in [1.29, 1.82) is 0 Å². The highest BCUT2D eigenvalue weighted by Gasteiger charge is 2.12. The van der Waals surface area contributed by atoms with Crippen LogP contribution in [0.15, 0.2) is 54.6 Å². The van der Waals surface area contributed by atoms with Gasteiger partial charge in [-0.1, -0.05) is 36.4 Å². The predicted molar refractivity (Wildman–Crippen MR) is 89.4 cm³/mol. The third kappa shape index (κ3) is 4.36. The van der Waals surface area contributed by atoms with Gasteiger partial charge in [0.05, 0.1) is 0 Å². The number of hydrogen-bond acceptors (Lipinski definition) is 3. The van der Waals surface area contributed by atoms with E-state index in [1.165, 1.54) is 5.56 Å². The van der Waals surface area contributed by atoms with Crippen molar-refractivity contribution in [1.82, 2.24) is 5.32 Å². The third-order valence-electron chi connectivity index (χ3n) is 3.61. The minimum absolute atomic E-state index is 0.0873. The van der Waals surface area contributed by atoms with Gasteiger partial charge < -0.3 is 14.8 Å². The van der Waals surface area contributed by atoms with Gasteiger partial charge in [-0.25, -0.2) is 0 Å². The van der Waals surface area contributed by atoms with Crippen molar-refractivity contribution >= 4 is 12.0 Å². The number of ether oxygens (including phenoxy) is 2. The van der Waals surface area contributed by atoms with E-state index in [9.17, 15) is 4.79 Å². The lowest BCUT2D eigenvalue weighted by molar-refractivity contribution is -0.116. The second-order valence-electron chi connectivity index (χ2n) is 5.33. The lowest BCUT2D eigenvalue weighted by Crippen LogP contribution is -2.22. The second kappa shape index (κ2) is 7.49. The van der Waals surface area contributed by atoms with Crippen LogP contribution in [-0.4, -0.2) is 19.2 Å². The van der Waals surface area contributed by atoms with E-state index in [1.807, 2.05) is 36.4 Å². The summed E-state index contributed by atoms with van der Waals surface area (Å²) in [5, 5.41) is 2.89. The molecule has 118 valence electrons. The van der Waals surface area contributed by atoms with Crippen molar-refractivity contribution in [3.05, 3.63) is 65.7 Å². The van der Waals surface area contributed by atoms with Crippen molar-refractivity contribution < 1.29 is 14.3 Å². The molecule has 4 heteroatoms. The van der Waals surface area contributed by atoms with Crippen molar-refractivity contribution in [2.45, 2.75) is 12.8 Å². The number of carbonyl (C=O) groups is 1. The zero-order valence-corrected chi connectivity index (χ0v) is 12.8. The molecule has 0 atom stereocenters. The van der Waals surface area contributed by atoms with Crippen LogP contribution < -0.4 is 14.8 Å². The Bertz CT molecular complexity index is 695. The van der Waals surface area contributed by atoms with E-state index >= 15 is 0 Å². The normalized spacial score (nSPS) is 12.5. The van der Waals surface area contributed by atoms with Crippen LogP contribution in [0.2, 0.25) is 0 Å². The summed E-state index contributed by atoms with van der Waals surface area (Å²) < 4.78 is 10.6. The van der Waals surface area contributed by atoms with E-state index in [-0.39, 0.29) is 12.7 Å². The molecule has 1 N–H and O–H groups in total. The molecule has 0 spiro atoms. The Balaban J connectivity index is 1.42. The molecule has 4 nitrogen and oxygen atoms in total. The molecule has 1 heterocycles. The van der Waals surface area contributed by atoms with Crippen LogP contribution >= 0.6 is 0 Å². The van der Waals surface area contributed by atoms with Crippen molar-refractivity contribution in [2.24, 2.45) is 0 Å². The third-order valence-corrected chi connectivity index (χ3v) is 3.61. The molecule has 0 bridgehead atoms. The lowest BCUT2D eigenvalue weighted by Gasteiger charge is -2.03. The predicted octanol–water partition coefficient (Wildman–Crippen LogP) is 3.18. The highest BCUT2D eigenvalue weighted by molar-refractivity contribution is 5.91. The summed E-state index contributed by atoms with van der Waals surface area (Å²) in [5.74, 6) is 1.37. The fraction of sp³-hybridized carbons (Fsp3) is 0.211. The van der Waals surface area contributed by atoms with Gasteiger partial charge >= 0.3 is 0 Å². The molecule has 23 heavy (non-hydrogen) atoms. The van der Waals surface area contributed by atoms with Crippen LogP contribution in [0.4, 0.5) is 0 Å². The summed E-state index contributed by atoms with van der Waals surface area (Å²) in [7, 11) is 0. The van der Waals surface area contributed by atoms with Gasteiger partial charge in [-0.05, 0) is 42.2 Å². The average molecular weight is 309 g/mol. The number of amides is 1. The molecule has 0 fully saturated rings. The number of carbonyl (C=O) groups excluding carboxylic acids is 1. The first-order chi connectivity index (χ1) is 11.3. The van der Waals surface area contributed by atoms with Gasteiger partial charge in [0.2, 0.25) is 12.7 Å². The molecule has 2 aromatic rings. The van der Waals surface area contributed by atoms with E-state index < -0.39 is 0 Å². The Morgan fingerprint density at radius 1 is 1.09 bits per heavy atom. The molecule has 3 rings (SSSR count). The van der Waals surface area contributed by atoms with Gasteiger partial charge in [0.25, 0.3) is 0 Å². The molecule has 1 amide bonds. The number of hydrogen-bond donors (Lipinski definition) is 1. The maximum atomic E-state index is 11.8. The SMILES string of the molecule is O=C(/C=C/c1ccc2c(c1)OCO2)NCCCc1ccccc1. The first-order valence-electron chi connectivity index (χ1n) is 7.71. The molecule has 0 radical (unpaired) electrons. The number of benzene rings is 2. The molecular weight excluding hydrogens is 290 g/mol. The molecule has 0 saturated carbocycles. The highest BCUT2D eigenvalue weighted by Crippen LogP contribution is 2.32. The van der Waals surface area contributed by atoms with Crippen molar-refractivity contribution in [3.63, 3.8) is 0 Å². The van der Waals surface area contributed by atoms with Gasteiger partial charge in [0.15, 0.2) is 11.5 Å². The van der Waals surface area contributed by atoms with Crippen LogP contribution in [0.1, 0.15) is 17.5 Å². The summed E-state index contributed by atoms with van der Waals surface area (Å²) in [4.78, 5) is 11.8. The van der Waals surface area contributed by atoms with Gasteiger partial charge in [-0.3, -0.25) is 4.79 Å². The largest absolute Gasteiger partial charge is 0.454 e. The van der Waals surface area contributed by atoms with E-state index in [1.54, 1.807) is 12.2 Å². The van der Waals surface area contributed by atoms with E-state index in [0.29, 0.717) is 6.54 Å². The van der Waals surface area contributed by atoms with Crippen LogP contribution in [0, 0.1) is 0 Å². The van der Waals surface area contributed by atoms with E-state index in [2.05, 4.69) is 17.4 Å².